The summed E-state index contributed by atoms with van der Waals surface area (Å²) in [6.07, 6.45) is 3.42. The molecule has 2 aliphatic rings. The van der Waals surface area contributed by atoms with Gasteiger partial charge in [0.2, 0.25) is 5.95 Å². The van der Waals surface area contributed by atoms with E-state index < -0.39 is 11.9 Å². The molecule has 6 nitrogen and oxygen atoms in total. The maximum absolute atomic E-state index is 14.1. The van der Waals surface area contributed by atoms with E-state index in [0.29, 0.717) is 31.2 Å². The molecule has 0 aromatic carbocycles. The SMILES string of the molecule is CC1CCN(c2cc(N3CCc4cc(C(=O)O)ncc4C3)cc(F)n2)C1. The molecule has 136 valence electrons. The van der Waals surface area contributed by atoms with E-state index in [-0.39, 0.29) is 5.69 Å². The van der Waals surface area contributed by atoms with Crippen molar-refractivity contribution in [3.05, 3.63) is 47.2 Å². The Kier molecular flexibility index (Phi) is 4.22. The molecule has 1 atom stereocenters. The van der Waals surface area contributed by atoms with Crippen LogP contribution in [0.3, 0.4) is 0 Å². The number of hydrogen-bond acceptors (Lipinski definition) is 5. The number of anilines is 2. The predicted molar refractivity (Wildman–Crippen MR) is 96.1 cm³/mol. The molecule has 1 fully saturated rings. The number of aromatic nitrogens is 2. The van der Waals surface area contributed by atoms with E-state index in [1.54, 1.807) is 12.3 Å². The third-order valence-electron chi connectivity index (χ3n) is 5.19. The lowest BCUT2D eigenvalue weighted by Gasteiger charge is -2.31. The van der Waals surface area contributed by atoms with Crippen LogP contribution in [0.25, 0.3) is 0 Å². The van der Waals surface area contributed by atoms with E-state index in [2.05, 4.69) is 26.7 Å². The van der Waals surface area contributed by atoms with Crippen molar-refractivity contribution in [3.63, 3.8) is 0 Å². The van der Waals surface area contributed by atoms with Gasteiger partial charge in [-0.3, -0.25) is 0 Å². The third kappa shape index (κ3) is 3.21. The van der Waals surface area contributed by atoms with Gasteiger partial charge in [0.25, 0.3) is 0 Å². The Hall–Kier alpha value is -2.70. The van der Waals surface area contributed by atoms with Gasteiger partial charge >= 0.3 is 5.97 Å². The number of halogens is 1. The number of carbonyl (C=O) groups is 1. The fourth-order valence-electron chi connectivity index (χ4n) is 3.74. The molecule has 1 saturated heterocycles. The van der Waals surface area contributed by atoms with Crippen LogP contribution < -0.4 is 9.80 Å². The van der Waals surface area contributed by atoms with Crippen LogP contribution in [-0.4, -0.2) is 40.7 Å². The van der Waals surface area contributed by atoms with Crippen LogP contribution in [-0.2, 0) is 13.0 Å². The Morgan fingerprint density at radius 2 is 2.08 bits per heavy atom. The van der Waals surface area contributed by atoms with Crippen LogP contribution in [0.4, 0.5) is 15.9 Å². The van der Waals surface area contributed by atoms with Gasteiger partial charge in [-0.15, -0.1) is 0 Å². The van der Waals surface area contributed by atoms with Gasteiger partial charge in [-0.2, -0.15) is 4.39 Å². The molecule has 2 aromatic heterocycles. The van der Waals surface area contributed by atoms with Crippen molar-refractivity contribution in [1.29, 1.82) is 0 Å². The average Bonchev–Trinajstić information content (AvgIpc) is 3.06. The standard InChI is InChI=1S/C19H21FN4O2/c1-12-2-4-24(10-12)18-8-15(7-17(20)22-18)23-5-3-13-6-16(19(25)26)21-9-14(13)11-23/h6-9,12H,2-5,10-11H2,1H3,(H,25,26). The van der Waals surface area contributed by atoms with Crippen LogP contribution in [0.5, 0.6) is 0 Å². The summed E-state index contributed by atoms with van der Waals surface area (Å²) in [4.78, 5) is 23.4. The molecule has 2 aliphatic heterocycles. The molecule has 26 heavy (non-hydrogen) atoms. The lowest BCUT2D eigenvalue weighted by atomic mass is 10.0. The zero-order chi connectivity index (χ0) is 18.3. The lowest BCUT2D eigenvalue weighted by molar-refractivity contribution is 0.0690. The normalized spacial score (nSPS) is 19.5. The number of aromatic carboxylic acids is 1. The first-order valence-electron chi connectivity index (χ1n) is 8.88. The first-order chi connectivity index (χ1) is 12.5. The van der Waals surface area contributed by atoms with Crippen LogP contribution >= 0.6 is 0 Å². The number of nitrogens with zero attached hydrogens (tertiary/aromatic N) is 4. The maximum Gasteiger partial charge on any atom is 0.354 e. The largest absolute Gasteiger partial charge is 0.477 e. The van der Waals surface area contributed by atoms with E-state index in [9.17, 15) is 9.18 Å². The zero-order valence-corrected chi connectivity index (χ0v) is 14.7. The number of fused-ring (bicyclic) bond motifs is 1. The van der Waals surface area contributed by atoms with Gasteiger partial charge in [0.1, 0.15) is 11.5 Å². The molecule has 4 rings (SSSR count). The highest BCUT2D eigenvalue weighted by molar-refractivity contribution is 5.85. The quantitative estimate of drug-likeness (QED) is 0.853. The first kappa shape index (κ1) is 16.8. The Morgan fingerprint density at radius 1 is 1.23 bits per heavy atom. The molecule has 7 heteroatoms. The smallest absolute Gasteiger partial charge is 0.354 e. The third-order valence-corrected chi connectivity index (χ3v) is 5.19. The summed E-state index contributed by atoms with van der Waals surface area (Å²) >= 11 is 0. The van der Waals surface area contributed by atoms with Crippen molar-refractivity contribution >= 4 is 17.5 Å². The van der Waals surface area contributed by atoms with Crippen LogP contribution in [0, 0.1) is 11.9 Å². The second-order valence-corrected chi connectivity index (χ2v) is 7.16. The van der Waals surface area contributed by atoms with Crippen molar-refractivity contribution in [1.82, 2.24) is 9.97 Å². The van der Waals surface area contributed by atoms with Gasteiger partial charge in [-0.05, 0) is 36.0 Å². The highest BCUT2D eigenvalue weighted by atomic mass is 19.1. The predicted octanol–water partition coefficient (Wildman–Crippen LogP) is 2.72. The molecule has 0 saturated carbocycles. The highest BCUT2D eigenvalue weighted by Gasteiger charge is 2.23. The maximum atomic E-state index is 14.1. The Labute approximate surface area is 151 Å². The molecule has 0 amide bonds. The monoisotopic (exact) mass is 356 g/mol. The Bertz CT molecular complexity index is 857. The molecular formula is C19H21FN4O2. The van der Waals surface area contributed by atoms with Crippen molar-refractivity contribution < 1.29 is 14.3 Å². The number of carboxylic acids is 1. The molecule has 0 spiro atoms. The summed E-state index contributed by atoms with van der Waals surface area (Å²) < 4.78 is 14.1. The van der Waals surface area contributed by atoms with Gasteiger partial charge < -0.3 is 14.9 Å². The van der Waals surface area contributed by atoms with E-state index in [1.807, 2.05) is 6.07 Å². The second kappa shape index (κ2) is 6.55. The number of pyridine rings is 2. The topological polar surface area (TPSA) is 69.6 Å². The molecule has 1 N–H and O–H groups in total. The molecule has 2 aromatic rings. The Morgan fingerprint density at radius 3 is 2.81 bits per heavy atom. The van der Waals surface area contributed by atoms with Gasteiger partial charge in [0.15, 0.2) is 0 Å². The van der Waals surface area contributed by atoms with Gasteiger partial charge in [0, 0.05) is 50.2 Å². The minimum atomic E-state index is -1.02. The summed E-state index contributed by atoms with van der Waals surface area (Å²) in [7, 11) is 0. The molecular weight excluding hydrogens is 335 g/mol. The molecule has 0 bridgehead atoms. The highest BCUT2D eigenvalue weighted by Crippen LogP contribution is 2.29. The molecule has 0 radical (unpaired) electrons. The summed E-state index contributed by atoms with van der Waals surface area (Å²) in [5, 5.41) is 9.07. The van der Waals surface area contributed by atoms with Gasteiger partial charge in [-0.1, -0.05) is 6.92 Å². The second-order valence-electron chi connectivity index (χ2n) is 7.16. The fraction of sp³-hybridized carbons (Fsp3) is 0.421. The minimum absolute atomic E-state index is 0.0672. The van der Waals surface area contributed by atoms with E-state index in [4.69, 9.17) is 5.11 Å². The molecule has 0 aliphatic carbocycles. The van der Waals surface area contributed by atoms with Crippen LogP contribution in [0.15, 0.2) is 24.4 Å². The fourth-order valence-corrected chi connectivity index (χ4v) is 3.74. The van der Waals surface area contributed by atoms with E-state index in [1.165, 1.54) is 6.07 Å². The van der Waals surface area contributed by atoms with Crippen molar-refractivity contribution in [2.75, 3.05) is 29.4 Å². The zero-order valence-electron chi connectivity index (χ0n) is 14.7. The van der Waals surface area contributed by atoms with Crippen molar-refractivity contribution in [2.24, 2.45) is 5.92 Å². The van der Waals surface area contributed by atoms with E-state index in [0.717, 1.165) is 36.3 Å². The van der Waals surface area contributed by atoms with Crippen molar-refractivity contribution in [2.45, 2.75) is 26.3 Å². The summed E-state index contributed by atoms with van der Waals surface area (Å²) in [5.74, 6) is -0.201. The minimum Gasteiger partial charge on any atom is -0.477 e. The van der Waals surface area contributed by atoms with Crippen molar-refractivity contribution in [3.8, 4) is 0 Å². The van der Waals surface area contributed by atoms with Crippen LogP contribution in [0.1, 0.15) is 35.0 Å². The number of hydrogen-bond donors (Lipinski definition) is 1. The van der Waals surface area contributed by atoms with Gasteiger partial charge in [-0.25, -0.2) is 14.8 Å². The first-order valence-corrected chi connectivity index (χ1v) is 8.88. The summed E-state index contributed by atoms with van der Waals surface area (Å²) in [5.41, 5.74) is 2.85. The molecule has 1 unspecified atom stereocenters. The number of carboxylic acid groups (broad SMARTS) is 1. The van der Waals surface area contributed by atoms with Crippen LogP contribution in [0.2, 0.25) is 0 Å². The summed E-state index contributed by atoms with van der Waals surface area (Å²) in [6, 6.07) is 5.05. The van der Waals surface area contributed by atoms with Gasteiger partial charge in [0.05, 0.1) is 0 Å². The average molecular weight is 356 g/mol. The number of rotatable bonds is 3. The molecule has 4 heterocycles. The van der Waals surface area contributed by atoms with E-state index >= 15 is 0 Å². The lowest BCUT2D eigenvalue weighted by Crippen LogP contribution is -2.31. The Balaban J connectivity index is 1.58. The summed E-state index contributed by atoms with van der Waals surface area (Å²) in [6.45, 7) is 5.29.